The Balaban J connectivity index is 1.33. The first kappa shape index (κ1) is 26.8. The number of hydrogen-bond acceptors (Lipinski definition) is 6. The molecule has 0 bridgehead atoms. The van der Waals surface area contributed by atoms with Gasteiger partial charge < -0.3 is 20.9 Å². The lowest BCUT2D eigenvalue weighted by Gasteiger charge is -2.32. The summed E-state index contributed by atoms with van der Waals surface area (Å²) in [4.78, 5) is 11.6. The molecule has 3 N–H and O–H groups in total. The second-order valence-electron chi connectivity index (χ2n) is 11.7. The van der Waals surface area contributed by atoms with Crippen LogP contribution >= 0.6 is 0 Å². The minimum atomic E-state index is -0.362. The van der Waals surface area contributed by atoms with E-state index in [2.05, 4.69) is 96.2 Å². The highest BCUT2D eigenvalue weighted by Crippen LogP contribution is 2.39. The molecule has 2 aromatic heterocycles. The van der Waals surface area contributed by atoms with E-state index in [1.54, 1.807) is 0 Å². The number of nitrogens with zero attached hydrogens (tertiary/aromatic N) is 3. The van der Waals surface area contributed by atoms with Crippen molar-refractivity contribution in [1.29, 1.82) is 0 Å². The van der Waals surface area contributed by atoms with Crippen LogP contribution in [0.25, 0.3) is 11.1 Å². The summed E-state index contributed by atoms with van der Waals surface area (Å²) < 4.78 is 0. The number of anilines is 4. The Hall–Kier alpha value is -3.80. The fourth-order valence-electron chi connectivity index (χ4n) is 5.22. The van der Waals surface area contributed by atoms with Gasteiger partial charge in [0.15, 0.2) is 0 Å². The van der Waals surface area contributed by atoms with Gasteiger partial charge in [-0.1, -0.05) is 40.0 Å². The zero-order chi connectivity index (χ0) is 27.6. The number of rotatable bonds is 10. The third-order valence-corrected chi connectivity index (χ3v) is 8.31. The second-order valence-corrected chi connectivity index (χ2v) is 11.7. The Labute approximate surface area is 233 Å². The third kappa shape index (κ3) is 6.11. The maximum Gasteiger partial charge on any atom is 0.128 e. The van der Waals surface area contributed by atoms with E-state index in [9.17, 15) is 0 Å². The van der Waals surface area contributed by atoms with Gasteiger partial charge in [-0.3, -0.25) is 4.98 Å². The summed E-state index contributed by atoms with van der Waals surface area (Å²) in [5.74, 6) is 2.45. The predicted molar refractivity (Wildman–Crippen MR) is 165 cm³/mol. The maximum absolute atomic E-state index is 4.76. The van der Waals surface area contributed by atoms with Crippen molar-refractivity contribution in [3.63, 3.8) is 0 Å². The standard InChI is InChI=1S/C33H42N6/c1-22-13-15-39(16-14-22)32-12-10-28(21-36-32)38-24(3)33(4,5)30-18-26(9-11-31(30)34-6)27-17-29(20-35-19-27)37-23(2)25-7-8-25/h9-12,17-22,25,34,37-38H,2-3,7-8,13-16H2,1,4-6H3. The molecule has 204 valence electrons. The molecule has 1 aliphatic heterocycles. The lowest BCUT2D eigenvalue weighted by molar-refractivity contribution is 0.436. The summed E-state index contributed by atoms with van der Waals surface area (Å²) in [6.07, 6.45) is 10.6. The first-order chi connectivity index (χ1) is 18.7. The van der Waals surface area contributed by atoms with Crippen LogP contribution in [0.3, 0.4) is 0 Å². The van der Waals surface area contributed by atoms with Crippen molar-refractivity contribution in [2.24, 2.45) is 11.8 Å². The molecule has 1 saturated heterocycles. The summed E-state index contributed by atoms with van der Waals surface area (Å²) >= 11 is 0. The molecule has 1 saturated carbocycles. The van der Waals surface area contributed by atoms with Gasteiger partial charge in [0.2, 0.25) is 0 Å². The van der Waals surface area contributed by atoms with Crippen molar-refractivity contribution < 1.29 is 0 Å². The molecule has 6 nitrogen and oxygen atoms in total. The molecular formula is C33H42N6. The van der Waals surface area contributed by atoms with Crippen molar-refractivity contribution in [3.05, 3.63) is 85.1 Å². The van der Waals surface area contributed by atoms with E-state index >= 15 is 0 Å². The Bertz CT molecular complexity index is 1330. The molecule has 3 aromatic rings. The Kier molecular flexibility index (Phi) is 7.65. The van der Waals surface area contributed by atoms with Gasteiger partial charge in [0.25, 0.3) is 0 Å². The van der Waals surface area contributed by atoms with Gasteiger partial charge in [-0.05, 0) is 79.0 Å². The summed E-state index contributed by atoms with van der Waals surface area (Å²) in [6, 6.07) is 12.9. The molecule has 5 rings (SSSR count). The molecule has 0 spiro atoms. The van der Waals surface area contributed by atoms with E-state index in [1.807, 2.05) is 25.6 Å². The minimum absolute atomic E-state index is 0.362. The Morgan fingerprint density at radius 3 is 2.33 bits per heavy atom. The average Bonchev–Trinajstić information content (AvgIpc) is 3.80. The molecule has 1 aromatic carbocycles. The van der Waals surface area contributed by atoms with Crippen LogP contribution in [0.5, 0.6) is 0 Å². The van der Waals surface area contributed by atoms with Gasteiger partial charge in [0.1, 0.15) is 5.82 Å². The number of aromatic nitrogens is 2. The second kappa shape index (κ2) is 11.1. The van der Waals surface area contributed by atoms with Crippen molar-refractivity contribution in [3.8, 4) is 11.1 Å². The summed E-state index contributed by atoms with van der Waals surface area (Å²) in [5.41, 5.74) is 7.96. The number of piperidine rings is 1. The molecule has 2 fully saturated rings. The summed E-state index contributed by atoms with van der Waals surface area (Å²) in [5, 5.41) is 10.4. The van der Waals surface area contributed by atoms with Gasteiger partial charge in [-0.2, -0.15) is 0 Å². The van der Waals surface area contributed by atoms with Crippen molar-refractivity contribution in [2.75, 3.05) is 41.0 Å². The van der Waals surface area contributed by atoms with E-state index in [4.69, 9.17) is 4.98 Å². The number of allylic oxidation sites excluding steroid dienone is 2. The van der Waals surface area contributed by atoms with E-state index in [1.165, 1.54) is 25.7 Å². The number of benzene rings is 1. The minimum Gasteiger partial charge on any atom is -0.388 e. The molecule has 39 heavy (non-hydrogen) atoms. The topological polar surface area (TPSA) is 65.1 Å². The SMILES string of the molecule is C=C(Nc1cncc(-c2ccc(NC)c(C(C)(C)C(=C)Nc3ccc(N4CCC(C)CC4)nc3)c2)c1)C1CC1. The predicted octanol–water partition coefficient (Wildman–Crippen LogP) is 7.66. The lowest BCUT2D eigenvalue weighted by atomic mass is 9.79. The van der Waals surface area contributed by atoms with E-state index < -0.39 is 0 Å². The van der Waals surface area contributed by atoms with Crippen LogP contribution in [0.15, 0.2) is 79.5 Å². The highest BCUT2D eigenvalue weighted by Gasteiger charge is 2.28. The van der Waals surface area contributed by atoms with E-state index in [0.29, 0.717) is 5.92 Å². The van der Waals surface area contributed by atoms with Crippen LogP contribution in [-0.2, 0) is 5.41 Å². The molecule has 0 radical (unpaired) electrons. The summed E-state index contributed by atoms with van der Waals surface area (Å²) in [7, 11) is 1.96. The molecular weight excluding hydrogens is 480 g/mol. The average molecular weight is 523 g/mol. The first-order valence-corrected chi connectivity index (χ1v) is 14.2. The molecule has 0 atom stereocenters. The fraction of sp³-hybridized carbons (Fsp3) is 0.394. The zero-order valence-electron chi connectivity index (χ0n) is 23.8. The van der Waals surface area contributed by atoms with Crippen LogP contribution in [0.4, 0.5) is 22.9 Å². The smallest absolute Gasteiger partial charge is 0.128 e. The van der Waals surface area contributed by atoms with Crippen molar-refractivity contribution in [2.45, 2.75) is 51.9 Å². The van der Waals surface area contributed by atoms with Crippen molar-refractivity contribution in [1.82, 2.24) is 9.97 Å². The lowest BCUT2D eigenvalue weighted by Crippen LogP contribution is -2.33. The van der Waals surface area contributed by atoms with Gasteiger partial charge in [0, 0.05) is 54.4 Å². The molecule has 0 unspecified atom stereocenters. The van der Waals surface area contributed by atoms with E-state index in [-0.39, 0.29) is 5.41 Å². The Morgan fingerprint density at radius 1 is 0.897 bits per heavy atom. The third-order valence-electron chi connectivity index (χ3n) is 8.31. The van der Waals surface area contributed by atoms with E-state index in [0.717, 1.165) is 70.0 Å². The van der Waals surface area contributed by atoms with Crippen LogP contribution in [0.2, 0.25) is 0 Å². The normalized spacial score (nSPS) is 16.1. The van der Waals surface area contributed by atoms with Gasteiger partial charge in [-0.15, -0.1) is 0 Å². The van der Waals surface area contributed by atoms with Crippen LogP contribution in [-0.4, -0.2) is 30.1 Å². The van der Waals surface area contributed by atoms with Crippen molar-refractivity contribution >= 4 is 22.9 Å². The molecule has 0 amide bonds. The number of pyridine rings is 2. The first-order valence-electron chi connectivity index (χ1n) is 14.2. The largest absolute Gasteiger partial charge is 0.388 e. The van der Waals surface area contributed by atoms with Gasteiger partial charge in [0.05, 0.1) is 23.8 Å². The van der Waals surface area contributed by atoms with Gasteiger partial charge >= 0.3 is 0 Å². The highest BCUT2D eigenvalue weighted by atomic mass is 15.2. The maximum atomic E-state index is 4.76. The molecule has 1 aliphatic carbocycles. The molecule has 2 aliphatic rings. The van der Waals surface area contributed by atoms with Crippen LogP contribution < -0.4 is 20.9 Å². The number of hydrogen-bond donors (Lipinski definition) is 3. The van der Waals surface area contributed by atoms with Crippen LogP contribution in [0.1, 0.15) is 52.0 Å². The summed E-state index contributed by atoms with van der Waals surface area (Å²) in [6.45, 7) is 17.5. The zero-order valence-corrected chi connectivity index (χ0v) is 23.8. The Morgan fingerprint density at radius 2 is 1.67 bits per heavy atom. The monoisotopic (exact) mass is 522 g/mol. The quantitative estimate of drug-likeness (QED) is 0.254. The highest BCUT2D eigenvalue weighted by molar-refractivity contribution is 5.73. The van der Waals surface area contributed by atoms with Crippen LogP contribution in [0, 0.1) is 11.8 Å². The van der Waals surface area contributed by atoms with Gasteiger partial charge in [-0.25, -0.2) is 4.98 Å². The number of nitrogens with one attached hydrogen (secondary N) is 3. The fourth-order valence-corrected chi connectivity index (χ4v) is 5.22. The molecule has 6 heteroatoms. The molecule has 3 heterocycles.